The van der Waals surface area contributed by atoms with E-state index in [1.54, 1.807) is 6.07 Å². The van der Waals surface area contributed by atoms with Crippen LogP contribution in [0.3, 0.4) is 0 Å². The van der Waals surface area contributed by atoms with Gasteiger partial charge < -0.3 is 5.32 Å². The maximum absolute atomic E-state index is 12.1. The number of amidine groups is 1. The number of hydrogen-bond acceptors (Lipinski definition) is 4. The highest BCUT2D eigenvalue weighted by molar-refractivity contribution is 8.14. The molecule has 0 aliphatic carbocycles. The molecule has 1 N–H and O–H groups in total. The molecule has 1 aromatic rings. The Kier molecular flexibility index (Phi) is 4.52. The first-order valence-corrected chi connectivity index (χ1v) is 8.87. The van der Waals surface area contributed by atoms with Crippen molar-refractivity contribution in [2.24, 2.45) is 4.40 Å². The molecule has 104 valence electrons. The Hall–Kier alpha value is -1.01. The third-order valence-electron chi connectivity index (χ3n) is 2.87. The molecule has 0 unspecified atom stereocenters. The van der Waals surface area contributed by atoms with Gasteiger partial charge in [0.1, 0.15) is 4.90 Å². The summed E-state index contributed by atoms with van der Waals surface area (Å²) >= 11 is 1.40. The Morgan fingerprint density at radius 1 is 1.32 bits per heavy atom. The van der Waals surface area contributed by atoms with Crippen LogP contribution in [0.15, 0.2) is 27.5 Å². The Labute approximate surface area is 118 Å². The van der Waals surface area contributed by atoms with Crippen LogP contribution in [0.25, 0.3) is 0 Å². The van der Waals surface area contributed by atoms with Gasteiger partial charge >= 0.3 is 0 Å². The van der Waals surface area contributed by atoms with Crippen LogP contribution in [0, 0.1) is 0 Å². The highest BCUT2D eigenvalue weighted by Gasteiger charge is 2.25. The zero-order chi connectivity index (χ0) is 13.9. The summed E-state index contributed by atoms with van der Waals surface area (Å²) in [5.41, 5.74) is 1.68. The van der Waals surface area contributed by atoms with Gasteiger partial charge in [-0.15, -0.1) is 4.40 Å². The third kappa shape index (κ3) is 3.30. The number of nitrogens with one attached hydrogen (secondary N) is 1. The fourth-order valence-corrected chi connectivity index (χ4v) is 3.94. The number of anilines is 1. The zero-order valence-electron chi connectivity index (χ0n) is 11.1. The molecule has 19 heavy (non-hydrogen) atoms. The molecule has 4 nitrogen and oxygen atoms in total. The predicted molar refractivity (Wildman–Crippen MR) is 81.4 cm³/mol. The molecule has 2 rings (SSSR count). The van der Waals surface area contributed by atoms with Crippen molar-refractivity contribution in [3.05, 3.63) is 23.8 Å². The smallest absolute Gasteiger partial charge is 0.286 e. The van der Waals surface area contributed by atoms with E-state index >= 15 is 0 Å². The molecule has 6 heteroatoms. The number of hydrogen-bond donors (Lipinski definition) is 1. The summed E-state index contributed by atoms with van der Waals surface area (Å²) < 4.78 is 28.1. The second kappa shape index (κ2) is 5.96. The van der Waals surface area contributed by atoms with Crippen molar-refractivity contribution in [1.29, 1.82) is 0 Å². The molecular weight excluding hydrogens is 280 g/mol. The highest BCUT2D eigenvalue weighted by atomic mass is 32.2. The van der Waals surface area contributed by atoms with Crippen LogP contribution in [-0.2, 0) is 16.4 Å². The standard InChI is InChI=1S/C13H18N2O2S2/c1-3-5-6-10-7-8-11-12(9-10)19(16,17)15-13(14-11)18-4-2/h7-9H,3-6H2,1-2H3,(H,14,15). The van der Waals surface area contributed by atoms with E-state index in [2.05, 4.69) is 16.6 Å². The molecule has 1 heterocycles. The lowest BCUT2D eigenvalue weighted by atomic mass is 10.1. The number of sulfonamides is 1. The molecule has 1 aliphatic heterocycles. The van der Waals surface area contributed by atoms with Crippen molar-refractivity contribution in [1.82, 2.24) is 0 Å². The molecule has 0 aromatic heterocycles. The fraction of sp³-hybridized carbons (Fsp3) is 0.462. The number of rotatable bonds is 4. The molecule has 0 atom stereocenters. The summed E-state index contributed by atoms with van der Waals surface area (Å²) in [7, 11) is -3.56. The summed E-state index contributed by atoms with van der Waals surface area (Å²) in [6.45, 7) is 4.08. The van der Waals surface area contributed by atoms with E-state index in [1.165, 1.54) is 11.8 Å². The Balaban J connectivity index is 2.34. The largest absolute Gasteiger partial charge is 0.333 e. The summed E-state index contributed by atoms with van der Waals surface area (Å²) in [5, 5.41) is 3.53. The van der Waals surface area contributed by atoms with E-state index in [9.17, 15) is 8.42 Å². The average Bonchev–Trinajstić information content (AvgIpc) is 2.36. The van der Waals surface area contributed by atoms with Crippen molar-refractivity contribution < 1.29 is 8.42 Å². The van der Waals surface area contributed by atoms with Gasteiger partial charge in [-0.2, -0.15) is 8.42 Å². The number of aryl methyl sites for hydroxylation is 1. The lowest BCUT2D eigenvalue weighted by Crippen LogP contribution is -2.19. The Morgan fingerprint density at radius 3 is 2.79 bits per heavy atom. The van der Waals surface area contributed by atoms with Gasteiger partial charge in [0.15, 0.2) is 5.17 Å². The Morgan fingerprint density at radius 2 is 2.11 bits per heavy atom. The van der Waals surface area contributed by atoms with E-state index < -0.39 is 10.0 Å². The minimum atomic E-state index is -3.56. The fourth-order valence-electron chi connectivity index (χ4n) is 1.92. The maximum Gasteiger partial charge on any atom is 0.286 e. The van der Waals surface area contributed by atoms with Gasteiger partial charge in [0.2, 0.25) is 0 Å². The van der Waals surface area contributed by atoms with Gasteiger partial charge in [-0.25, -0.2) is 0 Å². The normalized spacial score (nSPS) is 16.4. The first kappa shape index (κ1) is 14.4. The topological polar surface area (TPSA) is 58.5 Å². The van der Waals surface area contributed by atoms with E-state index in [0.717, 1.165) is 30.6 Å². The van der Waals surface area contributed by atoms with Crippen molar-refractivity contribution in [2.75, 3.05) is 11.1 Å². The molecule has 0 saturated heterocycles. The number of fused-ring (bicyclic) bond motifs is 1. The van der Waals surface area contributed by atoms with Gasteiger partial charge in [0.25, 0.3) is 10.0 Å². The summed E-state index contributed by atoms with van der Waals surface area (Å²) in [6, 6.07) is 5.56. The monoisotopic (exact) mass is 298 g/mol. The van der Waals surface area contributed by atoms with Crippen LogP contribution < -0.4 is 5.32 Å². The number of unbranched alkanes of at least 4 members (excludes halogenated alkanes) is 1. The molecular formula is C13H18N2O2S2. The van der Waals surface area contributed by atoms with E-state index in [1.807, 2.05) is 19.1 Å². The number of nitrogens with zero attached hydrogens (tertiary/aromatic N) is 1. The van der Waals surface area contributed by atoms with Crippen molar-refractivity contribution in [3.63, 3.8) is 0 Å². The van der Waals surface area contributed by atoms with Gasteiger partial charge in [0.05, 0.1) is 5.69 Å². The second-order valence-electron chi connectivity index (χ2n) is 4.36. The highest BCUT2D eigenvalue weighted by Crippen LogP contribution is 2.30. The lowest BCUT2D eigenvalue weighted by Gasteiger charge is -2.18. The van der Waals surface area contributed by atoms with Crippen molar-refractivity contribution >= 4 is 32.6 Å². The van der Waals surface area contributed by atoms with Gasteiger partial charge in [-0.1, -0.05) is 38.1 Å². The summed E-state index contributed by atoms with van der Waals surface area (Å²) in [6.07, 6.45) is 3.06. The zero-order valence-corrected chi connectivity index (χ0v) is 12.8. The van der Waals surface area contributed by atoms with E-state index in [4.69, 9.17) is 0 Å². The lowest BCUT2D eigenvalue weighted by molar-refractivity contribution is 0.597. The van der Waals surface area contributed by atoms with Crippen molar-refractivity contribution in [3.8, 4) is 0 Å². The van der Waals surface area contributed by atoms with Crippen molar-refractivity contribution in [2.45, 2.75) is 38.0 Å². The molecule has 1 aromatic carbocycles. The average molecular weight is 298 g/mol. The third-order valence-corrected chi connectivity index (χ3v) is 5.06. The number of benzene rings is 1. The molecule has 0 bridgehead atoms. The molecule has 0 amide bonds. The molecule has 1 aliphatic rings. The van der Waals surface area contributed by atoms with Crippen LogP contribution in [0.5, 0.6) is 0 Å². The van der Waals surface area contributed by atoms with Crippen LogP contribution in [0.4, 0.5) is 5.69 Å². The predicted octanol–water partition coefficient (Wildman–Crippen LogP) is 3.25. The molecule has 0 fully saturated rings. The van der Waals surface area contributed by atoms with Gasteiger partial charge in [-0.3, -0.25) is 0 Å². The summed E-state index contributed by atoms with van der Waals surface area (Å²) in [4.78, 5) is 0.293. The maximum atomic E-state index is 12.1. The SMILES string of the molecule is CCCCc1ccc2c(c1)S(=O)(=O)N=C(SCC)N2. The first-order valence-electron chi connectivity index (χ1n) is 6.44. The minimum Gasteiger partial charge on any atom is -0.333 e. The number of thioether (sulfide) groups is 1. The first-order chi connectivity index (χ1) is 9.06. The van der Waals surface area contributed by atoms with Crippen LogP contribution >= 0.6 is 11.8 Å². The van der Waals surface area contributed by atoms with Gasteiger partial charge in [0, 0.05) is 0 Å². The molecule has 0 radical (unpaired) electrons. The molecule has 0 saturated carbocycles. The Bertz CT molecular complexity index is 595. The van der Waals surface area contributed by atoms with E-state index in [-0.39, 0.29) is 0 Å². The van der Waals surface area contributed by atoms with Crippen LogP contribution in [0.2, 0.25) is 0 Å². The second-order valence-corrected chi connectivity index (χ2v) is 7.19. The quantitative estimate of drug-likeness (QED) is 0.927. The summed E-state index contributed by atoms with van der Waals surface area (Å²) in [5.74, 6) is 0.783. The van der Waals surface area contributed by atoms with E-state index in [0.29, 0.717) is 15.8 Å². The van der Waals surface area contributed by atoms with Gasteiger partial charge in [-0.05, 0) is 36.3 Å². The van der Waals surface area contributed by atoms with Crippen LogP contribution in [0.1, 0.15) is 32.3 Å². The van der Waals surface area contributed by atoms with Crippen LogP contribution in [-0.4, -0.2) is 19.3 Å². The minimum absolute atomic E-state index is 0.293. The molecule has 0 spiro atoms.